The largest absolute Gasteiger partial charge is 0.289 e. The molecule has 0 N–H and O–H groups in total. The molecule has 2 fully saturated rings. The Morgan fingerprint density at radius 1 is 1.03 bits per heavy atom. The van der Waals surface area contributed by atoms with Gasteiger partial charge in [-0.05, 0) is 43.2 Å². The molecular formula is C28H28N4O3S3. The number of amides is 1. The van der Waals surface area contributed by atoms with Gasteiger partial charge < -0.3 is 0 Å². The van der Waals surface area contributed by atoms with Crippen molar-refractivity contribution in [2.75, 3.05) is 19.6 Å². The predicted octanol–water partition coefficient (Wildman–Crippen LogP) is 5.49. The molecule has 2 aromatic carbocycles. The minimum absolute atomic E-state index is 0.184. The molecule has 10 heteroatoms. The zero-order valence-corrected chi connectivity index (χ0v) is 23.3. The molecule has 0 spiro atoms. The number of sulfonamides is 1. The van der Waals surface area contributed by atoms with E-state index >= 15 is 0 Å². The highest BCUT2D eigenvalue weighted by atomic mass is 32.2. The maximum absolute atomic E-state index is 13.5. The lowest BCUT2D eigenvalue weighted by Gasteiger charge is -2.20. The summed E-state index contributed by atoms with van der Waals surface area (Å²) in [5.74, 6) is -0.184. The topological polar surface area (TPSA) is 75.5 Å². The van der Waals surface area contributed by atoms with E-state index in [0.717, 1.165) is 31.4 Å². The summed E-state index contributed by atoms with van der Waals surface area (Å²) in [4.78, 5) is 15.3. The highest BCUT2D eigenvalue weighted by molar-refractivity contribution is 8.26. The van der Waals surface area contributed by atoms with Crippen molar-refractivity contribution in [1.29, 1.82) is 0 Å². The van der Waals surface area contributed by atoms with Crippen molar-refractivity contribution in [3.8, 4) is 16.9 Å². The number of thiocarbonyl (C=S) groups is 1. The Kier molecular flexibility index (Phi) is 7.94. The van der Waals surface area contributed by atoms with Gasteiger partial charge in [0.15, 0.2) is 0 Å². The number of carbonyl (C=O) groups excluding carboxylic acids is 1. The summed E-state index contributed by atoms with van der Waals surface area (Å²) in [6.45, 7) is 5.12. The van der Waals surface area contributed by atoms with E-state index in [9.17, 15) is 13.2 Å². The number of hydrogen-bond acceptors (Lipinski definition) is 6. The smallest absolute Gasteiger partial charge is 0.266 e. The Morgan fingerprint density at radius 2 is 1.76 bits per heavy atom. The number of nitrogens with zero attached hydrogens (tertiary/aromatic N) is 4. The average molecular weight is 565 g/mol. The van der Waals surface area contributed by atoms with Gasteiger partial charge >= 0.3 is 0 Å². The number of rotatable bonds is 7. The van der Waals surface area contributed by atoms with Crippen LogP contribution < -0.4 is 0 Å². The molecule has 5 rings (SSSR count). The first-order valence-corrected chi connectivity index (χ1v) is 15.2. The molecule has 0 bridgehead atoms. The van der Waals surface area contributed by atoms with Crippen LogP contribution in [-0.4, -0.2) is 57.3 Å². The number of carbonyl (C=O) groups is 1. The second-order valence-electron chi connectivity index (χ2n) is 9.14. The van der Waals surface area contributed by atoms with Crippen LogP contribution in [0.3, 0.4) is 0 Å². The van der Waals surface area contributed by atoms with Crippen molar-refractivity contribution in [2.45, 2.75) is 30.6 Å². The Balaban J connectivity index is 1.58. The van der Waals surface area contributed by atoms with Crippen LogP contribution in [0, 0.1) is 0 Å². The maximum atomic E-state index is 13.5. The fraction of sp³-hybridized carbons (Fsp3) is 0.250. The van der Waals surface area contributed by atoms with Crippen molar-refractivity contribution in [3.05, 3.63) is 83.9 Å². The molecule has 3 aromatic rings. The van der Waals surface area contributed by atoms with Crippen molar-refractivity contribution in [2.24, 2.45) is 0 Å². The van der Waals surface area contributed by atoms with Crippen LogP contribution in [0.25, 0.3) is 23.0 Å². The Labute approximate surface area is 232 Å². The molecule has 2 aliphatic rings. The summed E-state index contributed by atoms with van der Waals surface area (Å²) in [6.07, 6.45) is 9.10. The average Bonchev–Trinajstić information content (AvgIpc) is 3.31. The zero-order valence-electron chi connectivity index (χ0n) is 20.8. The first-order valence-electron chi connectivity index (χ1n) is 12.5. The second kappa shape index (κ2) is 11.4. The number of para-hydroxylation sites is 1. The van der Waals surface area contributed by atoms with Gasteiger partial charge in [0.25, 0.3) is 5.91 Å². The lowest BCUT2D eigenvalue weighted by Crippen LogP contribution is -2.31. The fourth-order valence-corrected chi connectivity index (χ4v) is 7.42. The monoisotopic (exact) mass is 564 g/mol. The van der Waals surface area contributed by atoms with Crippen molar-refractivity contribution in [1.82, 2.24) is 19.0 Å². The van der Waals surface area contributed by atoms with Crippen molar-refractivity contribution >= 4 is 50.3 Å². The summed E-state index contributed by atoms with van der Waals surface area (Å²) >= 11 is 6.64. The van der Waals surface area contributed by atoms with Gasteiger partial charge in [0.05, 0.1) is 15.5 Å². The van der Waals surface area contributed by atoms with Crippen LogP contribution >= 0.6 is 24.0 Å². The summed E-state index contributed by atoms with van der Waals surface area (Å²) in [5, 5.41) is 4.82. The molecule has 38 heavy (non-hydrogen) atoms. The predicted molar refractivity (Wildman–Crippen MR) is 156 cm³/mol. The fourth-order valence-electron chi connectivity index (χ4n) is 4.59. The molecule has 196 valence electrons. The molecule has 0 unspecified atom stereocenters. The van der Waals surface area contributed by atoms with Gasteiger partial charge in [0.1, 0.15) is 10.0 Å². The summed E-state index contributed by atoms with van der Waals surface area (Å²) in [5.41, 5.74) is 2.78. The van der Waals surface area contributed by atoms with Crippen LogP contribution in [0.1, 0.15) is 31.2 Å². The summed E-state index contributed by atoms with van der Waals surface area (Å²) < 4.78 is 30.8. The maximum Gasteiger partial charge on any atom is 0.266 e. The number of benzene rings is 2. The molecule has 2 saturated heterocycles. The van der Waals surface area contributed by atoms with Gasteiger partial charge in [0, 0.05) is 37.0 Å². The minimum Gasteiger partial charge on any atom is -0.289 e. The third kappa shape index (κ3) is 5.40. The molecule has 2 aliphatic heterocycles. The van der Waals surface area contributed by atoms with Gasteiger partial charge in [-0.25, -0.2) is 13.1 Å². The Hall–Kier alpha value is -3.05. The van der Waals surface area contributed by atoms with E-state index in [2.05, 4.69) is 6.58 Å². The molecule has 1 aromatic heterocycles. The molecule has 1 amide bonds. The summed E-state index contributed by atoms with van der Waals surface area (Å²) in [7, 11) is -3.63. The van der Waals surface area contributed by atoms with E-state index in [1.807, 2.05) is 42.6 Å². The highest BCUT2D eigenvalue weighted by Gasteiger charge is 2.32. The number of aromatic nitrogens is 2. The third-order valence-electron chi connectivity index (χ3n) is 6.55. The minimum atomic E-state index is -3.63. The number of hydrogen-bond donors (Lipinski definition) is 0. The van der Waals surface area contributed by atoms with Crippen LogP contribution in [0.15, 0.2) is 83.2 Å². The molecule has 0 radical (unpaired) electrons. The van der Waals surface area contributed by atoms with Gasteiger partial charge in [-0.15, -0.1) is 6.58 Å². The molecule has 0 atom stereocenters. The SMILES string of the molecule is C=CCN1C(=O)/C(=C/c2cn(-c3ccccc3)nc2-c2cccc(S(=O)(=O)N3CCCCCC3)c2)SC1=S. The number of thioether (sulfide) groups is 1. The van der Waals surface area contributed by atoms with E-state index < -0.39 is 10.0 Å². The molecule has 0 saturated carbocycles. The third-order valence-corrected chi connectivity index (χ3v) is 9.82. The van der Waals surface area contributed by atoms with E-state index in [4.69, 9.17) is 17.3 Å². The molecule has 7 nitrogen and oxygen atoms in total. The first kappa shape index (κ1) is 26.6. The van der Waals surface area contributed by atoms with Gasteiger partial charge in [-0.2, -0.15) is 9.40 Å². The van der Waals surface area contributed by atoms with Crippen LogP contribution in [-0.2, 0) is 14.8 Å². The zero-order chi connectivity index (χ0) is 26.7. The lowest BCUT2D eigenvalue weighted by atomic mass is 10.1. The highest BCUT2D eigenvalue weighted by Crippen LogP contribution is 2.35. The standard InChI is InChI=1S/C28H28N4O3S3/c1-2-15-31-27(33)25(37-28(31)36)19-22-20-32(23-12-6-5-7-13-23)29-26(22)21-11-10-14-24(18-21)38(34,35)30-16-8-3-4-9-17-30/h2,5-7,10-14,18-20H,1,3-4,8-9,15-17H2/b25-19-. The Bertz CT molecular complexity index is 1510. The molecule has 3 heterocycles. The quantitative estimate of drug-likeness (QED) is 0.215. The van der Waals surface area contributed by atoms with Crippen molar-refractivity contribution in [3.63, 3.8) is 0 Å². The van der Waals surface area contributed by atoms with E-state index in [-0.39, 0.29) is 10.8 Å². The first-order chi connectivity index (χ1) is 18.4. The normalized spacial score (nSPS) is 18.2. The van der Waals surface area contributed by atoms with Gasteiger partial charge in [-0.3, -0.25) is 9.69 Å². The van der Waals surface area contributed by atoms with Crippen molar-refractivity contribution < 1.29 is 13.2 Å². The van der Waals surface area contributed by atoms with E-state index in [1.165, 1.54) is 16.7 Å². The molecular weight excluding hydrogens is 537 g/mol. The van der Waals surface area contributed by atoms with Gasteiger partial charge in [-0.1, -0.05) is 73.2 Å². The lowest BCUT2D eigenvalue weighted by molar-refractivity contribution is -0.121. The van der Waals surface area contributed by atoms with Gasteiger partial charge in [0.2, 0.25) is 10.0 Å². The molecule has 0 aliphatic carbocycles. The van der Waals surface area contributed by atoms with Crippen LogP contribution in [0.2, 0.25) is 0 Å². The second-order valence-corrected chi connectivity index (χ2v) is 12.8. The Morgan fingerprint density at radius 3 is 2.47 bits per heavy atom. The van der Waals surface area contributed by atoms with Crippen LogP contribution in [0.4, 0.5) is 0 Å². The summed E-state index contributed by atoms with van der Waals surface area (Å²) in [6, 6.07) is 16.5. The van der Waals surface area contributed by atoms with Crippen LogP contribution in [0.5, 0.6) is 0 Å². The van der Waals surface area contributed by atoms with E-state index in [0.29, 0.717) is 45.7 Å². The van der Waals surface area contributed by atoms with E-state index in [1.54, 1.807) is 39.3 Å².